The van der Waals surface area contributed by atoms with Crippen LogP contribution in [0.2, 0.25) is 0 Å². The molecule has 0 spiro atoms. The fourth-order valence-electron chi connectivity index (χ4n) is 2.13. The molecule has 15 heavy (non-hydrogen) atoms. The molecule has 0 radical (unpaired) electrons. The van der Waals surface area contributed by atoms with Crippen LogP contribution in [-0.2, 0) is 4.74 Å². The van der Waals surface area contributed by atoms with Gasteiger partial charge in [0.25, 0.3) is 0 Å². The number of hydrogen-bond donors (Lipinski definition) is 0. The van der Waals surface area contributed by atoms with E-state index < -0.39 is 0 Å². The van der Waals surface area contributed by atoms with Gasteiger partial charge in [-0.2, -0.15) is 0 Å². The van der Waals surface area contributed by atoms with Crippen LogP contribution in [0.3, 0.4) is 0 Å². The lowest BCUT2D eigenvalue weighted by Crippen LogP contribution is -2.16. The molecule has 0 rings (SSSR count). The Morgan fingerprint density at radius 3 is 2.13 bits per heavy atom. The molecule has 1 nitrogen and oxygen atoms in total. The predicted molar refractivity (Wildman–Crippen MR) is 68.1 cm³/mol. The van der Waals surface area contributed by atoms with Crippen molar-refractivity contribution >= 4 is 0 Å². The molecule has 0 aromatic rings. The monoisotopic (exact) mass is 214 g/mol. The molecule has 0 aliphatic rings. The van der Waals surface area contributed by atoms with Gasteiger partial charge in [0.1, 0.15) is 0 Å². The molecule has 0 N–H and O–H groups in total. The Labute approximate surface area is 96.6 Å². The van der Waals surface area contributed by atoms with E-state index in [2.05, 4.69) is 27.7 Å². The summed E-state index contributed by atoms with van der Waals surface area (Å²) in [5.74, 6) is 2.48. The predicted octanol–water partition coefficient (Wildman–Crippen LogP) is 4.51. The van der Waals surface area contributed by atoms with Crippen molar-refractivity contribution in [3.63, 3.8) is 0 Å². The molecule has 0 aliphatic heterocycles. The Morgan fingerprint density at radius 1 is 1.00 bits per heavy atom. The molecule has 0 aromatic heterocycles. The molecular formula is C14H30O. The second kappa shape index (κ2) is 9.21. The highest BCUT2D eigenvalue weighted by Gasteiger charge is 2.15. The van der Waals surface area contributed by atoms with Crippen molar-refractivity contribution in [3.8, 4) is 0 Å². The van der Waals surface area contributed by atoms with Crippen molar-refractivity contribution in [2.75, 3.05) is 13.7 Å². The minimum Gasteiger partial charge on any atom is -0.384 e. The average Bonchev–Trinajstić information content (AvgIpc) is 2.25. The fraction of sp³-hybridized carbons (Fsp3) is 1.00. The summed E-state index contributed by atoms with van der Waals surface area (Å²) in [5, 5.41) is 0. The van der Waals surface area contributed by atoms with Crippen molar-refractivity contribution in [3.05, 3.63) is 0 Å². The maximum atomic E-state index is 5.26. The van der Waals surface area contributed by atoms with E-state index >= 15 is 0 Å². The molecule has 0 amide bonds. The highest BCUT2D eigenvalue weighted by Crippen LogP contribution is 2.23. The normalized spacial score (nSPS) is 17.4. The zero-order chi connectivity index (χ0) is 11.7. The largest absolute Gasteiger partial charge is 0.384 e. The van der Waals surface area contributed by atoms with Crippen LogP contribution in [0.5, 0.6) is 0 Å². The zero-order valence-electron chi connectivity index (χ0n) is 11.4. The van der Waals surface area contributed by atoms with Gasteiger partial charge in [0.2, 0.25) is 0 Å². The number of rotatable bonds is 9. The van der Waals surface area contributed by atoms with Crippen LogP contribution >= 0.6 is 0 Å². The Balaban J connectivity index is 3.65. The number of ether oxygens (including phenoxy) is 1. The molecule has 3 atom stereocenters. The minimum atomic E-state index is 0.756. The van der Waals surface area contributed by atoms with E-state index in [1.807, 2.05) is 7.11 Å². The van der Waals surface area contributed by atoms with Crippen molar-refractivity contribution in [1.29, 1.82) is 0 Å². The minimum absolute atomic E-state index is 0.756. The van der Waals surface area contributed by atoms with Crippen molar-refractivity contribution in [2.45, 2.75) is 59.8 Å². The topological polar surface area (TPSA) is 9.23 Å². The van der Waals surface area contributed by atoms with Crippen LogP contribution in [0.15, 0.2) is 0 Å². The van der Waals surface area contributed by atoms with Crippen LogP contribution in [0, 0.1) is 17.8 Å². The Morgan fingerprint density at radius 2 is 1.67 bits per heavy atom. The first-order chi connectivity index (χ1) is 7.15. The molecule has 0 aromatic carbocycles. The van der Waals surface area contributed by atoms with Gasteiger partial charge in [0, 0.05) is 13.7 Å². The van der Waals surface area contributed by atoms with Gasteiger partial charge in [-0.05, 0) is 17.8 Å². The first kappa shape index (κ1) is 15.0. The highest BCUT2D eigenvalue weighted by molar-refractivity contribution is 4.65. The summed E-state index contributed by atoms with van der Waals surface area (Å²) in [6, 6.07) is 0. The second-order valence-corrected chi connectivity index (χ2v) is 5.05. The molecule has 0 fully saturated rings. The summed E-state index contributed by atoms with van der Waals surface area (Å²) in [6.45, 7) is 10.2. The summed E-state index contributed by atoms with van der Waals surface area (Å²) < 4.78 is 5.26. The highest BCUT2D eigenvalue weighted by atomic mass is 16.5. The molecule has 0 heterocycles. The molecule has 3 unspecified atom stereocenters. The van der Waals surface area contributed by atoms with Crippen LogP contribution < -0.4 is 0 Å². The van der Waals surface area contributed by atoms with E-state index in [0.717, 1.165) is 24.4 Å². The Hall–Kier alpha value is -0.0400. The lowest BCUT2D eigenvalue weighted by molar-refractivity contribution is 0.118. The van der Waals surface area contributed by atoms with E-state index in [1.54, 1.807) is 0 Å². The average molecular weight is 214 g/mol. The van der Waals surface area contributed by atoms with E-state index in [1.165, 1.54) is 32.1 Å². The number of methoxy groups -OCH3 is 1. The van der Waals surface area contributed by atoms with Gasteiger partial charge >= 0.3 is 0 Å². The quantitative estimate of drug-likeness (QED) is 0.548. The number of hydrogen-bond acceptors (Lipinski definition) is 1. The third-order valence-electron chi connectivity index (χ3n) is 3.76. The third-order valence-corrected chi connectivity index (χ3v) is 3.76. The van der Waals surface area contributed by atoms with Gasteiger partial charge in [-0.25, -0.2) is 0 Å². The summed E-state index contributed by atoms with van der Waals surface area (Å²) >= 11 is 0. The van der Waals surface area contributed by atoms with E-state index in [9.17, 15) is 0 Å². The molecule has 0 bridgehead atoms. The van der Waals surface area contributed by atoms with Gasteiger partial charge < -0.3 is 4.74 Å². The van der Waals surface area contributed by atoms with Crippen molar-refractivity contribution < 1.29 is 4.74 Å². The van der Waals surface area contributed by atoms with Crippen LogP contribution in [-0.4, -0.2) is 13.7 Å². The molecule has 0 saturated heterocycles. The van der Waals surface area contributed by atoms with E-state index in [0.29, 0.717) is 0 Å². The third kappa shape index (κ3) is 6.94. The van der Waals surface area contributed by atoms with Crippen LogP contribution in [0.1, 0.15) is 59.8 Å². The van der Waals surface area contributed by atoms with Crippen molar-refractivity contribution in [1.82, 2.24) is 0 Å². The Kier molecular flexibility index (Phi) is 9.18. The second-order valence-electron chi connectivity index (χ2n) is 5.05. The van der Waals surface area contributed by atoms with Gasteiger partial charge in [-0.1, -0.05) is 59.8 Å². The van der Waals surface area contributed by atoms with E-state index in [4.69, 9.17) is 4.74 Å². The van der Waals surface area contributed by atoms with Crippen LogP contribution in [0.4, 0.5) is 0 Å². The summed E-state index contributed by atoms with van der Waals surface area (Å²) in [6.07, 6.45) is 6.72. The van der Waals surface area contributed by atoms with Gasteiger partial charge in [0.15, 0.2) is 0 Å². The lowest BCUT2D eigenvalue weighted by atomic mass is 9.87. The smallest absolute Gasteiger partial charge is 0.0492 e. The summed E-state index contributed by atoms with van der Waals surface area (Å²) in [4.78, 5) is 0. The molecule has 0 saturated carbocycles. The molecule has 1 heteroatoms. The van der Waals surface area contributed by atoms with Gasteiger partial charge in [0.05, 0.1) is 0 Å². The standard InChI is InChI=1S/C14H30O/c1-6-12(3)9-8-10-13(4)14(7-2)11-15-5/h12-14H,6-11H2,1-5H3. The van der Waals surface area contributed by atoms with Gasteiger partial charge in [-0.3, -0.25) is 0 Å². The summed E-state index contributed by atoms with van der Waals surface area (Å²) in [7, 11) is 1.81. The van der Waals surface area contributed by atoms with Crippen LogP contribution in [0.25, 0.3) is 0 Å². The first-order valence-corrected chi connectivity index (χ1v) is 6.64. The first-order valence-electron chi connectivity index (χ1n) is 6.64. The maximum absolute atomic E-state index is 5.26. The molecule has 92 valence electrons. The van der Waals surface area contributed by atoms with Gasteiger partial charge in [-0.15, -0.1) is 0 Å². The van der Waals surface area contributed by atoms with E-state index in [-0.39, 0.29) is 0 Å². The van der Waals surface area contributed by atoms with Crippen molar-refractivity contribution in [2.24, 2.45) is 17.8 Å². The lowest BCUT2D eigenvalue weighted by Gasteiger charge is -2.22. The SMILES string of the molecule is CCC(C)CCCC(C)C(CC)COC. The summed E-state index contributed by atoms with van der Waals surface area (Å²) in [5.41, 5.74) is 0. The zero-order valence-corrected chi connectivity index (χ0v) is 11.4. The fourth-order valence-corrected chi connectivity index (χ4v) is 2.13. The molecular weight excluding hydrogens is 184 g/mol. The Bertz CT molecular complexity index is 133. The molecule has 0 aliphatic carbocycles. The maximum Gasteiger partial charge on any atom is 0.0492 e.